The van der Waals surface area contributed by atoms with Crippen molar-refractivity contribution in [2.75, 3.05) is 23.8 Å². The van der Waals surface area contributed by atoms with Crippen molar-refractivity contribution in [2.24, 2.45) is 5.92 Å². The number of anilines is 2. The monoisotopic (exact) mass is 351 g/mol. The van der Waals surface area contributed by atoms with E-state index < -0.39 is 0 Å². The third-order valence-electron chi connectivity index (χ3n) is 4.43. The van der Waals surface area contributed by atoms with Gasteiger partial charge in [-0.25, -0.2) is 0 Å². The molecule has 3 rings (SSSR count). The first kappa shape index (κ1) is 17.7. The molecule has 1 fully saturated rings. The molecule has 0 bridgehead atoms. The van der Waals surface area contributed by atoms with Crippen molar-refractivity contribution in [3.05, 3.63) is 60.2 Å². The minimum atomic E-state index is -0.381. The van der Waals surface area contributed by atoms with E-state index in [0.29, 0.717) is 18.7 Å². The Morgan fingerprint density at radius 2 is 1.77 bits per heavy atom. The Balaban J connectivity index is 1.60. The number of likely N-dealkylation sites (N-methyl/N-ethyl adjacent to an activating group) is 1. The van der Waals surface area contributed by atoms with E-state index in [1.54, 1.807) is 36.2 Å². The highest BCUT2D eigenvalue weighted by molar-refractivity contribution is 6.03. The van der Waals surface area contributed by atoms with Crippen molar-refractivity contribution in [3.63, 3.8) is 0 Å². The Bertz CT molecular complexity index is 803. The van der Waals surface area contributed by atoms with Gasteiger partial charge in [0.25, 0.3) is 0 Å². The Labute approximate surface area is 152 Å². The van der Waals surface area contributed by atoms with Crippen LogP contribution < -0.4 is 15.5 Å². The van der Waals surface area contributed by atoms with Crippen LogP contribution in [0.15, 0.2) is 54.6 Å². The second-order valence-corrected chi connectivity index (χ2v) is 6.28. The summed E-state index contributed by atoms with van der Waals surface area (Å²) in [6.45, 7) is 0.378. The third-order valence-corrected chi connectivity index (χ3v) is 4.43. The highest BCUT2D eigenvalue weighted by Gasteiger charge is 2.35. The van der Waals surface area contributed by atoms with Gasteiger partial charge in [0.1, 0.15) is 0 Å². The minimum absolute atomic E-state index is 0.0442. The summed E-state index contributed by atoms with van der Waals surface area (Å²) in [4.78, 5) is 37.7. The zero-order valence-corrected chi connectivity index (χ0v) is 14.6. The fourth-order valence-electron chi connectivity index (χ4n) is 2.96. The summed E-state index contributed by atoms with van der Waals surface area (Å²) in [6, 6.07) is 16.5. The standard InChI is InChI=1S/C20H21N3O3/c1-21-18(24)11-14-7-9-16(10-8-14)22-20(26)15-12-19(25)23(13-15)17-5-3-2-4-6-17/h2-10,15H,11-13H2,1H3,(H,21,24)(H,22,26)/t15-/m1/s1. The van der Waals surface area contributed by atoms with Crippen LogP contribution in [0.5, 0.6) is 0 Å². The number of nitrogens with one attached hydrogen (secondary N) is 2. The number of amides is 3. The molecule has 134 valence electrons. The molecular weight excluding hydrogens is 330 g/mol. The summed E-state index contributed by atoms with van der Waals surface area (Å²) < 4.78 is 0. The maximum Gasteiger partial charge on any atom is 0.229 e. The van der Waals surface area contributed by atoms with Crippen LogP contribution in [-0.4, -0.2) is 31.3 Å². The number of carbonyl (C=O) groups is 3. The van der Waals surface area contributed by atoms with Crippen molar-refractivity contribution in [1.29, 1.82) is 0 Å². The quantitative estimate of drug-likeness (QED) is 0.864. The van der Waals surface area contributed by atoms with Gasteiger partial charge in [0.05, 0.1) is 12.3 Å². The molecule has 26 heavy (non-hydrogen) atoms. The van der Waals surface area contributed by atoms with Gasteiger partial charge < -0.3 is 15.5 Å². The molecule has 6 nitrogen and oxygen atoms in total. The molecule has 1 atom stereocenters. The molecule has 0 aliphatic carbocycles. The molecule has 6 heteroatoms. The predicted molar refractivity (Wildman–Crippen MR) is 99.7 cm³/mol. The lowest BCUT2D eigenvalue weighted by Gasteiger charge is -2.16. The van der Waals surface area contributed by atoms with E-state index in [2.05, 4.69) is 10.6 Å². The van der Waals surface area contributed by atoms with Crippen LogP contribution in [0.4, 0.5) is 11.4 Å². The van der Waals surface area contributed by atoms with Crippen molar-refractivity contribution >= 4 is 29.1 Å². The second kappa shape index (κ2) is 7.82. The molecule has 0 saturated carbocycles. The van der Waals surface area contributed by atoms with Crippen LogP contribution in [0, 0.1) is 5.92 Å². The van der Waals surface area contributed by atoms with E-state index in [-0.39, 0.29) is 30.1 Å². The lowest BCUT2D eigenvalue weighted by Crippen LogP contribution is -2.28. The predicted octanol–water partition coefficient (Wildman–Crippen LogP) is 1.97. The number of hydrogen-bond acceptors (Lipinski definition) is 3. The number of benzene rings is 2. The van der Waals surface area contributed by atoms with Gasteiger partial charge in [0, 0.05) is 31.4 Å². The first-order chi connectivity index (χ1) is 12.6. The molecule has 1 heterocycles. The van der Waals surface area contributed by atoms with E-state index in [9.17, 15) is 14.4 Å². The number of carbonyl (C=O) groups excluding carboxylic acids is 3. The Kier molecular flexibility index (Phi) is 5.31. The van der Waals surface area contributed by atoms with Crippen LogP contribution in [0.1, 0.15) is 12.0 Å². The Morgan fingerprint density at radius 3 is 2.42 bits per heavy atom. The van der Waals surface area contributed by atoms with E-state index in [4.69, 9.17) is 0 Å². The van der Waals surface area contributed by atoms with Crippen LogP contribution in [0.3, 0.4) is 0 Å². The van der Waals surface area contributed by atoms with Gasteiger partial charge in [0.15, 0.2) is 0 Å². The van der Waals surface area contributed by atoms with E-state index in [0.717, 1.165) is 11.3 Å². The zero-order chi connectivity index (χ0) is 18.5. The maximum atomic E-state index is 12.5. The summed E-state index contributed by atoms with van der Waals surface area (Å²) in [5, 5.41) is 5.43. The third kappa shape index (κ3) is 4.08. The SMILES string of the molecule is CNC(=O)Cc1ccc(NC(=O)[C@@H]2CC(=O)N(c3ccccc3)C2)cc1. The summed E-state index contributed by atoms with van der Waals surface area (Å²) in [5.74, 6) is -0.659. The lowest BCUT2D eigenvalue weighted by molar-refractivity contribution is -0.122. The van der Waals surface area contributed by atoms with Crippen LogP contribution in [0.25, 0.3) is 0 Å². The second-order valence-electron chi connectivity index (χ2n) is 6.28. The topological polar surface area (TPSA) is 78.5 Å². The molecule has 2 N–H and O–H groups in total. The van der Waals surface area contributed by atoms with Crippen LogP contribution in [-0.2, 0) is 20.8 Å². The van der Waals surface area contributed by atoms with Gasteiger partial charge in [-0.2, -0.15) is 0 Å². The lowest BCUT2D eigenvalue weighted by atomic mass is 10.1. The largest absolute Gasteiger partial charge is 0.359 e. The number of hydrogen-bond donors (Lipinski definition) is 2. The molecular formula is C20H21N3O3. The zero-order valence-electron chi connectivity index (χ0n) is 14.6. The van der Waals surface area contributed by atoms with Gasteiger partial charge in [-0.1, -0.05) is 30.3 Å². The molecule has 2 aromatic carbocycles. The van der Waals surface area contributed by atoms with E-state index >= 15 is 0 Å². The molecule has 3 amide bonds. The maximum absolute atomic E-state index is 12.5. The van der Waals surface area contributed by atoms with Crippen molar-refractivity contribution in [2.45, 2.75) is 12.8 Å². The summed E-state index contributed by atoms with van der Waals surface area (Å²) >= 11 is 0. The summed E-state index contributed by atoms with van der Waals surface area (Å²) in [7, 11) is 1.60. The number of rotatable bonds is 5. The van der Waals surface area contributed by atoms with Gasteiger partial charge in [-0.3, -0.25) is 14.4 Å². The fraction of sp³-hybridized carbons (Fsp3) is 0.250. The van der Waals surface area contributed by atoms with Gasteiger partial charge >= 0.3 is 0 Å². The Morgan fingerprint density at radius 1 is 1.08 bits per heavy atom. The van der Waals surface area contributed by atoms with Crippen molar-refractivity contribution < 1.29 is 14.4 Å². The molecule has 0 unspecified atom stereocenters. The number of nitrogens with zero attached hydrogens (tertiary/aromatic N) is 1. The smallest absolute Gasteiger partial charge is 0.229 e. The molecule has 1 saturated heterocycles. The molecule has 0 aromatic heterocycles. The highest BCUT2D eigenvalue weighted by atomic mass is 16.2. The summed E-state index contributed by atoms with van der Waals surface area (Å²) in [6.07, 6.45) is 0.503. The van der Waals surface area contributed by atoms with Gasteiger partial charge in [-0.15, -0.1) is 0 Å². The average Bonchev–Trinajstić information content (AvgIpc) is 3.06. The summed E-state index contributed by atoms with van der Waals surface area (Å²) in [5.41, 5.74) is 2.33. The molecule has 0 spiro atoms. The van der Waals surface area contributed by atoms with Gasteiger partial charge in [0.2, 0.25) is 17.7 Å². The van der Waals surface area contributed by atoms with Crippen molar-refractivity contribution in [3.8, 4) is 0 Å². The molecule has 2 aromatic rings. The molecule has 1 aliphatic rings. The minimum Gasteiger partial charge on any atom is -0.359 e. The first-order valence-electron chi connectivity index (χ1n) is 8.52. The van der Waals surface area contributed by atoms with Crippen LogP contribution >= 0.6 is 0 Å². The highest BCUT2D eigenvalue weighted by Crippen LogP contribution is 2.25. The van der Waals surface area contributed by atoms with Crippen LogP contribution in [0.2, 0.25) is 0 Å². The van der Waals surface area contributed by atoms with Crippen molar-refractivity contribution in [1.82, 2.24) is 5.32 Å². The first-order valence-corrected chi connectivity index (χ1v) is 8.52. The molecule has 1 aliphatic heterocycles. The number of para-hydroxylation sites is 1. The normalized spacial score (nSPS) is 16.4. The van der Waals surface area contributed by atoms with Gasteiger partial charge in [-0.05, 0) is 29.8 Å². The van der Waals surface area contributed by atoms with E-state index in [1.807, 2.05) is 30.3 Å². The Hall–Kier alpha value is -3.15. The average molecular weight is 351 g/mol. The fourth-order valence-corrected chi connectivity index (χ4v) is 2.96. The van der Waals surface area contributed by atoms with E-state index in [1.165, 1.54) is 0 Å². The molecule has 0 radical (unpaired) electrons.